The highest BCUT2D eigenvalue weighted by Gasteiger charge is 2.34. The summed E-state index contributed by atoms with van der Waals surface area (Å²) < 4.78 is 29.8. The van der Waals surface area contributed by atoms with Crippen molar-refractivity contribution in [2.24, 2.45) is 4.99 Å². The fourth-order valence-electron chi connectivity index (χ4n) is 5.24. The Kier molecular flexibility index (Phi) is 12.0. The molecular formula is C36H32BrClN2O10S. The van der Waals surface area contributed by atoms with Crippen LogP contribution in [0.5, 0.6) is 17.2 Å². The minimum absolute atomic E-state index is 0.115. The highest BCUT2D eigenvalue weighted by molar-refractivity contribution is 9.10. The molecule has 0 spiro atoms. The van der Waals surface area contributed by atoms with Gasteiger partial charge in [-0.3, -0.25) is 9.36 Å². The van der Waals surface area contributed by atoms with Gasteiger partial charge in [0.25, 0.3) is 5.56 Å². The second-order valence-electron chi connectivity index (χ2n) is 10.9. The quantitative estimate of drug-likeness (QED) is 0.173. The third-order valence-corrected chi connectivity index (χ3v) is 9.43. The van der Waals surface area contributed by atoms with Gasteiger partial charge in [0.05, 0.1) is 57.2 Å². The number of carbonyl (C=O) groups excluding carboxylic acids is 2. The largest absolute Gasteiger partial charge is 0.490 e. The van der Waals surface area contributed by atoms with Crippen molar-refractivity contribution in [3.05, 3.63) is 117 Å². The topological polar surface area (TPSA) is 152 Å². The summed E-state index contributed by atoms with van der Waals surface area (Å²) in [5, 5.41) is 9.41. The molecule has 2 heterocycles. The molecule has 3 aromatic carbocycles. The van der Waals surface area contributed by atoms with E-state index < -0.39 is 29.5 Å². The molecule has 0 saturated carbocycles. The van der Waals surface area contributed by atoms with E-state index in [2.05, 4.69) is 25.7 Å². The number of methoxy groups -OCH3 is 1. The first-order chi connectivity index (χ1) is 24.4. The summed E-state index contributed by atoms with van der Waals surface area (Å²) in [6, 6.07) is 13.7. The van der Waals surface area contributed by atoms with Crippen LogP contribution in [0, 0.1) is 0 Å². The molecule has 1 aliphatic heterocycles. The van der Waals surface area contributed by atoms with E-state index in [1.54, 1.807) is 69.3 Å². The van der Waals surface area contributed by atoms with E-state index in [0.29, 0.717) is 42.1 Å². The number of hydrogen-bond acceptors (Lipinski definition) is 11. The second-order valence-corrected chi connectivity index (χ2v) is 13.2. The van der Waals surface area contributed by atoms with Gasteiger partial charge in [-0.25, -0.2) is 19.4 Å². The van der Waals surface area contributed by atoms with Crippen LogP contribution >= 0.6 is 38.9 Å². The molecule has 12 nitrogen and oxygen atoms in total. The van der Waals surface area contributed by atoms with Crippen LogP contribution in [0.25, 0.3) is 6.08 Å². The number of esters is 2. The number of fused-ring (bicyclic) bond motifs is 1. The molecule has 0 bridgehead atoms. The first kappa shape index (κ1) is 37.3. The van der Waals surface area contributed by atoms with Crippen molar-refractivity contribution < 1.29 is 43.2 Å². The lowest BCUT2D eigenvalue weighted by atomic mass is 9.95. The van der Waals surface area contributed by atoms with E-state index in [4.69, 9.17) is 35.7 Å². The summed E-state index contributed by atoms with van der Waals surface area (Å²) in [7, 11) is 1.26. The Morgan fingerprint density at radius 1 is 1.02 bits per heavy atom. The fraction of sp³-hybridized carbons (Fsp3) is 0.250. The summed E-state index contributed by atoms with van der Waals surface area (Å²) in [6.45, 7) is 5.36. The number of benzene rings is 3. The van der Waals surface area contributed by atoms with Crippen molar-refractivity contribution in [3.63, 3.8) is 0 Å². The minimum Gasteiger partial charge on any atom is -0.490 e. The maximum atomic E-state index is 14.2. The summed E-state index contributed by atoms with van der Waals surface area (Å²) in [6.07, 6.45) is 1.67. The third-order valence-electron chi connectivity index (χ3n) is 7.58. The van der Waals surface area contributed by atoms with Crippen LogP contribution in [0.1, 0.15) is 53.9 Å². The van der Waals surface area contributed by atoms with Gasteiger partial charge in [0.15, 0.2) is 28.7 Å². The predicted octanol–water partition coefficient (Wildman–Crippen LogP) is 5.44. The molecule has 0 amide bonds. The Hall–Kier alpha value is -4.92. The molecule has 0 unspecified atom stereocenters. The number of ether oxygens (including phenoxy) is 5. The van der Waals surface area contributed by atoms with Crippen LogP contribution in [0.2, 0.25) is 5.02 Å². The van der Waals surface area contributed by atoms with Gasteiger partial charge in [-0.1, -0.05) is 41.1 Å². The first-order valence-electron chi connectivity index (χ1n) is 15.6. The first-order valence-corrected chi connectivity index (χ1v) is 17.5. The Bertz CT molecular complexity index is 2190. The Balaban J connectivity index is 1.54. The van der Waals surface area contributed by atoms with E-state index in [1.165, 1.54) is 23.8 Å². The third kappa shape index (κ3) is 8.35. The second kappa shape index (κ2) is 16.4. The van der Waals surface area contributed by atoms with E-state index >= 15 is 0 Å². The number of rotatable bonds is 13. The van der Waals surface area contributed by atoms with Gasteiger partial charge in [0.2, 0.25) is 0 Å². The number of aromatic nitrogens is 1. The number of allylic oxidation sites excluding steroid dienone is 1. The molecule has 5 rings (SSSR count). The molecule has 1 N–H and O–H groups in total. The van der Waals surface area contributed by atoms with E-state index in [1.807, 2.05) is 0 Å². The van der Waals surface area contributed by atoms with Crippen molar-refractivity contribution in [1.82, 2.24) is 4.57 Å². The number of nitrogens with zero attached hydrogens (tertiary/aromatic N) is 2. The molecule has 15 heteroatoms. The van der Waals surface area contributed by atoms with Crippen LogP contribution in [0.3, 0.4) is 0 Å². The van der Waals surface area contributed by atoms with Gasteiger partial charge in [0.1, 0.15) is 6.61 Å². The molecule has 1 aromatic heterocycles. The zero-order chi connectivity index (χ0) is 36.8. The Morgan fingerprint density at radius 3 is 2.41 bits per heavy atom. The smallest absolute Gasteiger partial charge is 0.343 e. The molecule has 0 aliphatic carbocycles. The number of carboxylic acid groups (broad SMARTS) is 1. The lowest BCUT2D eigenvalue weighted by Gasteiger charge is -2.25. The van der Waals surface area contributed by atoms with Crippen molar-refractivity contribution in [1.29, 1.82) is 0 Å². The van der Waals surface area contributed by atoms with Gasteiger partial charge in [-0.2, -0.15) is 0 Å². The maximum absolute atomic E-state index is 14.2. The minimum atomic E-state index is -1.02. The lowest BCUT2D eigenvalue weighted by molar-refractivity contribution is -0.143. The molecule has 1 atom stereocenters. The SMILES string of the molecule is CCOC(=O)C1=C(C)N=c2s/c(=C\c3cc(Cl)c(OCc4ccc(C(=O)O)cc4)c(Br)c3)c(=O)n2[C@@H]1c1ccc(OCC(=O)OC)c(OCC)c1. The number of hydrogen-bond donors (Lipinski definition) is 1. The van der Waals surface area contributed by atoms with Gasteiger partial charge in [0, 0.05) is 0 Å². The van der Waals surface area contributed by atoms with Crippen LogP contribution in [-0.4, -0.2) is 54.5 Å². The van der Waals surface area contributed by atoms with Crippen LogP contribution in [0.15, 0.2) is 80.1 Å². The number of aromatic carboxylic acids is 1. The predicted molar refractivity (Wildman–Crippen MR) is 192 cm³/mol. The molecule has 1 aliphatic rings. The maximum Gasteiger partial charge on any atom is 0.343 e. The van der Waals surface area contributed by atoms with Crippen molar-refractivity contribution in [3.8, 4) is 17.2 Å². The van der Waals surface area contributed by atoms with Crippen molar-refractivity contribution in [2.45, 2.75) is 33.4 Å². The van der Waals surface area contributed by atoms with E-state index in [0.717, 1.165) is 16.9 Å². The Morgan fingerprint density at radius 2 is 1.76 bits per heavy atom. The fourth-order valence-corrected chi connectivity index (χ4v) is 7.27. The summed E-state index contributed by atoms with van der Waals surface area (Å²) in [5.41, 5.74) is 2.21. The van der Waals surface area contributed by atoms with Gasteiger partial charge < -0.3 is 28.8 Å². The zero-order valence-corrected chi connectivity index (χ0v) is 31.0. The molecule has 0 saturated heterocycles. The summed E-state index contributed by atoms with van der Waals surface area (Å²) in [5.74, 6) is -1.25. The van der Waals surface area contributed by atoms with Crippen molar-refractivity contribution in [2.75, 3.05) is 26.9 Å². The van der Waals surface area contributed by atoms with E-state index in [9.17, 15) is 19.2 Å². The molecule has 0 fully saturated rings. The summed E-state index contributed by atoms with van der Waals surface area (Å²) >= 11 is 11.3. The molecule has 0 radical (unpaired) electrons. The number of carbonyl (C=O) groups is 3. The highest BCUT2D eigenvalue weighted by atomic mass is 79.9. The van der Waals surface area contributed by atoms with Gasteiger partial charge in [-0.05, 0) is 95.9 Å². The molecule has 266 valence electrons. The lowest BCUT2D eigenvalue weighted by Crippen LogP contribution is -2.40. The van der Waals surface area contributed by atoms with Crippen LogP contribution in [-0.2, 0) is 25.7 Å². The Labute approximate surface area is 309 Å². The van der Waals surface area contributed by atoms with Crippen LogP contribution in [0.4, 0.5) is 0 Å². The molecule has 51 heavy (non-hydrogen) atoms. The summed E-state index contributed by atoms with van der Waals surface area (Å²) in [4.78, 5) is 55.4. The number of halogens is 2. The number of carboxylic acids is 1. The average molecular weight is 800 g/mol. The average Bonchev–Trinajstić information content (AvgIpc) is 3.40. The van der Waals surface area contributed by atoms with Gasteiger partial charge >= 0.3 is 17.9 Å². The van der Waals surface area contributed by atoms with Crippen LogP contribution < -0.4 is 29.1 Å². The molecule has 4 aromatic rings. The van der Waals surface area contributed by atoms with Gasteiger partial charge in [-0.15, -0.1) is 0 Å². The number of thiazole rings is 1. The zero-order valence-electron chi connectivity index (χ0n) is 27.9. The monoisotopic (exact) mass is 798 g/mol. The standard InChI is InChI=1S/C36H32BrClN2O10S/c1-5-47-27-16-23(11-12-26(27)49-18-29(41)46-4)31-30(35(45)48-6-2)19(3)39-36-40(31)33(42)28(51-36)15-21-13-24(37)32(25(38)14-21)50-17-20-7-9-22(10-8-20)34(43)44/h7-16,31H,5-6,17-18H2,1-4H3,(H,43,44)/b28-15-/t31-/m1/s1. The molecular weight excluding hydrogens is 768 g/mol. The normalized spacial score (nSPS) is 14.0. The highest BCUT2D eigenvalue weighted by Crippen LogP contribution is 2.37. The van der Waals surface area contributed by atoms with Crippen molar-refractivity contribution >= 4 is 62.9 Å². The van der Waals surface area contributed by atoms with E-state index in [-0.39, 0.29) is 48.3 Å².